The van der Waals surface area contributed by atoms with Gasteiger partial charge in [0, 0.05) is 11.6 Å². The Morgan fingerprint density at radius 2 is 2.30 bits per heavy atom. The molecule has 0 saturated carbocycles. The van der Waals surface area contributed by atoms with E-state index in [0.717, 1.165) is 5.75 Å². The molecular formula is C6H10ClNOS. The Kier molecular flexibility index (Phi) is 6.86. The van der Waals surface area contributed by atoms with Gasteiger partial charge < -0.3 is 5.73 Å². The molecule has 0 aromatic rings. The van der Waals surface area contributed by atoms with Crippen LogP contribution in [0.4, 0.5) is 0 Å². The monoisotopic (exact) mass is 179 g/mol. The van der Waals surface area contributed by atoms with Crippen LogP contribution >= 0.6 is 23.4 Å². The summed E-state index contributed by atoms with van der Waals surface area (Å²) in [4.78, 5) is 10.2. The molecule has 0 atom stereocenters. The van der Waals surface area contributed by atoms with Crippen molar-refractivity contribution in [1.82, 2.24) is 0 Å². The summed E-state index contributed by atoms with van der Waals surface area (Å²) in [7, 11) is 0. The average Bonchev–Trinajstić information content (AvgIpc) is 1.87. The summed E-state index contributed by atoms with van der Waals surface area (Å²) in [5, 5.41) is 0. The molecule has 2 nitrogen and oxygen atoms in total. The highest BCUT2D eigenvalue weighted by Crippen LogP contribution is 1.98. The minimum Gasteiger partial charge on any atom is -0.369 e. The van der Waals surface area contributed by atoms with Crippen LogP contribution < -0.4 is 5.73 Å². The van der Waals surface area contributed by atoms with Gasteiger partial charge >= 0.3 is 0 Å². The molecule has 0 bridgehead atoms. The van der Waals surface area contributed by atoms with Gasteiger partial charge in [-0.3, -0.25) is 4.79 Å². The molecule has 0 fully saturated rings. The first-order valence-electron chi connectivity index (χ1n) is 2.84. The number of carbonyl (C=O) groups is 1. The second kappa shape index (κ2) is 6.96. The van der Waals surface area contributed by atoms with E-state index in [2.05, 4.69) is 0 Å². The van der Waals surface area contributed by atoms with Crippen molar-refractivity contribution >= 4 is 29.3 Å². The molecule has 0 spiro atoms. The third-order valence-electron chi connectivity index (χ3n) is 0.714. The maximum absolute atomic E-state index is 10.2. The number of nitrogens with two attached hydrogens (primary N) is 1. The lowest BCUT2D eigenvalue weighted by molar-refractivity contribution is -0.115. The van der Waals surface area contributed by atoms with Crippen molar-refractivity contribution in [3.05, 3.63) is 12.2 Å². The number of alkyl halides is 1. The summed E-state index contributed by atoms with van der Waals surface area (Å²) < 4.78 is 0. The molecule has 0 radical (unpaired) electrons. The maximum atomic E-state index is 10.2. The number of amides is 1. The van der Waals surface area contributed by atoms with Crippen molar-refractivity contribution in [2.45, 2.75) is 0 Å². The van der Waals surface area contributed by atoms with Gasteiger partial charge in [0.05, 0.1) is 5.75 Å². The van der Waals surface area contributed by atoms with Crippen LogP contribution in [0.25, 0.3) is 0 Å². The van der Waals surface area contributed by atoms with Gasteiger partial charge in [0.25, 0.3) is 0 Å². The lowest BCUT2D eigenvalue weighted by Gasteiger charge is -1.90. The zero-order chi connectivity index (χ0) is 7.82. The fourth-order valence-electron chi connectivity index (χ4n) is 0.359. The minimum atomic E-state index is -0.274. The molecule has 0 aliphatic heterocycles. The standard InChI is InChI=1S/C6H10ClNOS/c7-3-1-2-4-10-5-6(8)9/h1-2H,3-5H2,(H2,8,9). The number of hydrogen-bond donors (Lipinski definition) is 1. The van der Waals surface area contributed by atoms with Gasteiger partial charge in [0.2, 0.25) is 5.91 Å². The summed E-state index contributed by atoms with van der Waals surface area (Å²) >= 11 is 6.84. The van der Waals surface area contributed by atoms with Crippen molar-refractivity contribution in [1.29, 1.82) is 0 Å². The second-order valence-corrected chi connectivity index (χ2v) is 2.95. The molecule has 1 amide bonds. The lowest BCUT2D eigenvalue weighted by atomic mass is 10.6. The quantitative estimate of drug-likeness (QED) is 0.389. The summed E-state index contributed by atoms with van der Waals surface area (Å²) in [6.07, 6.45) is 3.76. The molecule has 58 valence electrons. The molecule has 0 saturated heterocycles. The summed E-state index contributed by atoms with van der Waals surface area (Å²) in [6, 6.07) is 0. The van der Waals surface area contributed by atoms with Gasteiger partial charge in [-0.15, -0.1) is 23.4 Å². The SMILES string of the molecule is NC(=O)CSCC=CCCl. The molecule has 0 aliphatic carbocycles. The topological polar surface area (TPSA) is 43.1 Å². The zero-order valence-electron chi connectivity index (χ0n) is 5.55. The number of hydrogen-bond acceptors (Lipinski definition) is 2. The minimum absolute atomic E-state index is 0.274. The Morgan fingerprint density at radius 1 is 1.60 bits per heavy atom. The normalized spacial score (nSPS) is 10.5. The molecule has 4 heteroatoms. The molecule has 0 aromatic heterocycles. The Balaban J connectivity index is 3.05. The van der Waals surface area contributed by atoms with Crippen molar-refractivity contribution in [2.75, 3.05) is 17.4 Å². The van der Waals surface area contributed by atoms with E-state index in [1.807, 2.05) is 12.2 Å². The Labute approximate surface area is 69.8 Å². The highest BCUT2D eigenvalue weighted by atomic mass is 35.5. The van der Waals surface area contributed by atoms with E-state index >= 15 is 0 Å². The van der Waals surface area contributed by atoms with Gasteiger partial charge in [0.1, 0.15) is 0 Å². The van der Waals surface area contributed by atoms with E-state index < -0.39 is 0 Å². The van der Waals surface area contributed by atoms with Crippen LogP contribution in [0.15, 0.2) is 12.2 Å². The molecule has 0 aliphatic rings. The van der Waals surface area contributed by atoms with Crippen LogP contribution in [-0.2, 0) is 4.79 Å². The number of halogens is 1. The maximum Gasteiger partial charge on any atom is 0.227 e. The van der Waals surface area contributed by atoms with Crippen molar-refractivity contribution < 1.29 is 4.79 Å². The van der Waals surface area contributed by atoms with Crippen LogP contribution in [-0.4, -0.2) is 23.3 Å². The first-order chi connectivity index (χ1) is 4.77. The van der Waals surface area contributed by atoms with Crippen molar-refractivity contribution in [2.24, 2.45) is 5.73 Å². The first kappa shape index (κ1) is 9.85. The number of thioether (sulfide) groups is 1. The summed E-state index contributed by atoms with van der Waals surface area (Å²) in [5.74, 6) is 1.43. The van der Waals surface area contributed by atoms with E-state index in [-0.39, 0.29) is 5.91 Å². The summed E-state index contributed by atoms with van der Waals surface area (Å²) in [5.41, 5.74) is 4.90. The Hall–Kier alpha value is -0.150. The average molecular weight is 180 g/mol. The summed E-state index contributed by atoms with van der Waals surface area (Å²) in [6.45, 7) is 0. The lowest BCUT2D eigenvalue weighted by Crippen LogP contribution is -2.13. The Bertz CT molecular complexity index is 127. The van der Waals surface area contributed by atoms with Crippen molar-refractivity contribution in [3.63, 3.8) is 0 Å². The molecule has 0 rings (SSSR count). The fourth-order valence-corrected chi connectivity index (χ4v) is 1.08. The van der Waals surface area contributed by atoms with Crippen LogP contribution in [0.1, 0.15) is 0 Å². The molecule has 2 N–H and O–H groups in total. The van der Waals surface area contributed by atoms with Gasteiger partial charge in [-0.25, -0.2) is 0 Å². The van der Waals surface area contributed by atoms with Crippen LogP contribution in [0, 0.1) is 0 Å². The number of carbonyl (C=O) groups excluding carboxylic acids is 1. The first-order valence-corrected chi connectivity index (χ1v) is 4.53. The smallest absolute Gasteiger partial charge is 0.227 e. The predicted molar refractivity (Wildman–Crippen MR) is 46.4 cm³/mol. The molecule has 0 heterocycles. The zero-order valence-corrected chi connectivity index (χ0v) is 7.12. The molecule has 0 aromatic carbocycles. The molecule has 0 unspecified atom stereocenters. The van der Waals surface area contributed by atoms with Gasteiger partial charge in [-0.1, -0.05) is 12.2 Å². The van der Waals surface area contributed by atoms with E-state index in [1.54, 1.807) is 0 Å². The van der Waals surface area contributed by atoms with Gasteiger partial charge in [0.15, 0.2) is 0 Å². The van der Waals surface area contributed by atoms with Gasteiger partial charge in [-0.05, 0) is 0 Å². The third-order valence-corrected chi connectivity index (χ3v) is 1.81. The largest absolute Gasteiger partial charge is 0.369 e. The molecule has 10 heavy (non-hydrogen) atoms. The van der Waals surface area contributed by atoms with Crippen LogP contribution in [0.2, 0.25) is 0 Å². The highest BCUT2D eigenvalue weighted by molar-refractivity contribution is 8.00. The van der Waals surface area contributed by atoms with E-state index in [0.29, 0.717) is 11.6 Å². The van der Waals surface area contributed by atoms with Crippen LogP contribution in [0.5, 0.6) is 0 Å². The predicted octanol–water partition coefficient (Wildman–Crippen LogP) is 1.000. The Morgan fingerprint density at radius 3 is 2.80 bits per heavy atom. The van der Waals surface area contributed by atoms with E-state index in [4.69, 9.17) is 17.3 Å². The number of rotatable bonds is 5. The van der Waals surface area contributed by atoms with E-state index in [9.17, 15) is 4.79 Å². The molecular weight excluding hydrogens is 170 g/mol. The van der Waals surface area contributed by atoms with Gasteiger partial charge in [-0.2, -0.15) is 0 Å². The second-order valence-electron chi connectivity index (χ2n) is 1.61. The van der Waals surface area contributed by atoms with E-state index in [1.165, 1.54) is 11.8 Å². The third kappa shape index (κ3) is 7.85. The van der Waals surface area contributed by atoms with Crippen molar-refractivity contribution in [3.8, 4) is 0 Å². The fraction of sp³-hybridized carbons (Fsp3) is 0.500. The number of allylic oxidation sites excluding steroid dienone is 1. The van der Waals surface area contributed by atoms with Crippen LogP contribution in [0.3, 0.4) is 0 Å². The highest BCUT2D eigenvalue weighted by Gasteiger charge is 1.90. The number of primary amides is 1.